The number of nitrogens with zero attached hydrogens (tertiary/aromatic N) is 2. The van der Waals surface area contributed by atoms with Gasteiger partial charge in [-0.2, -0.15) is 0 Å². The van der Waals surface area contributed by atoms with Crippen molar-refractivity contribution in [2.75, 3.05) is 5.73 Å². The molecule has 4 aromatic carbocycles. The number of anilines is 1. The van der Waals surface area contributed by atoms with Crippen LogP contribution in [0, 0.1) is 0 Å². The first-order chi connectivity index (χ1) is 16.7. The molecule has 1 fully saturated rings. The predicted molar refractivity (Wildman–Crippen MR) is 137 cm³/mol. The van der Waals surface area contributed by atoms with Gasteiger partial charge in [-0.15, -0.1) is 0 Å². The monoisotopic (exact) mass is 447 g/mol. The summed E-state index contributed by atoms with van der Waals surface area (Å²) >= 11 is 0. The van der Waals surface area contributed by atoms with Crippen molar-refractivity contribution in [1.29, 1.82) is 0 Å². The number of nitrogens with two attached hydrogens (primary N) is 1. The van der Waals surface area contributed by atoms with Crippen molar-refractivity contribution in [2.24, 2.45) is 0 Å². The summed E-state index contributed by atoms with van der Waals surface area (Å²) in [6, 6.07) is 30.6. The van der Waals surface area contributed by atoms with Crippen LogP contribution in [0.3, 0.4) is 0 Å². The molecule has 2 unspecified atom stereocenters. The molecule has 5 heteroatoms. The van der Waals surface area contributed by atoms with Crippen LogP contribution in [0.2, 0.25) is 0 Å². The fraction of sp³-hybridized carbons (Fsp3) is 0.172. The lowest BCUT2D eigenvalue weighted by atomic mass is 10.0. The smallest absolute Gasteiger partial charge is 0.262 e. The Morgan fingerprint density at radius 1 is 0.853 bits per heavy atom. The van der Waals surface area contributed by atoms with Gasteiger partial charge in [-0.05, 0) is 58.5 Å². The molecule has 0 aliphatic carbocycles. The third-order valence-corrected chi connectivity index (χ3v) is 6.73. The number of rotatable bonds is 4. The molecular weight excluding hydrogens is 422 g/mol. The Kier molecular flexibility index (Phi) is 5.12. The van der Waals surface area contributed by atoms with E-state index in [9.17, 15) is 4.79 Å². The zero-order chi connectivity index (χ0) is 23.1. The Balaban J connectivity index is 1.25. The molecule has 0 spiro atoms. The van der Waals surface area contributed by atoms with E-state index in [2.05, 4.69) is 41.4 Å². The Bertz CT molecular complexity index is 1560. The Hall–Kier alpha value is -3.96. The van der Waals surface area contributed by atoms with Crippen molar-refractivity contribution < 1.29 is 4.74 Å². The lowest BCUT2D eigenvalue weighted by molar-refractivity contribution is 0.0349. The van der Waals surface area contributed by atoms with Gasteiger partial charge in [0.05, 0.1) is 29.7 Å². The van der Waals surface area contributed by atoms with Gasteiger partial charge in [-0.3, -0.25) is 9.36 Å². The number of aromatic nitrogens is 2. The summed E-state index contributed by atoms with van der Waals surface area (Å²) in [5.41, 5.74) is 10.0. The minimum Gasteiger partial charge on any atom is -0.369 e. The second-order valence-electron chi connectivity index (χ2n) is 8.91. The predicted octanol–water partition coefficient (Wildman–Crippen LogP) is 5.72. The topological polar surface area (TPSA) is 70.1 Å². The van der Waals surface area contributed by atoms with Crippen molar-refractivity contribution in [2.45, 2.75) is 31.6 Å². The van der Waals surface area contributed by atoms with Gasteiger partial charge in [0.25, 0.3) is 5.56 Å². The number of ether oxygens (including phenoxy) is 1. The number of nitrogen functional groups attached to an aromatic ring is 1. The first-order valence-corrected chi connectivity index (χ1v) is 11.7. The van der Waals surface area contributed by atoms with E-state index in [1.807, 2.05) is 54.6 Å². The maximum atomic E-state index is 13.3. The van der Waals surface area contributed by atoms with Crippen LogP contribution in [-0.2, 0) is 11.3 Å². The molecule has 2 heterocycles. The van der Waals surface area contributed by atoms with Gasteiger partial charge >= 0.3 is 0 Å². The molecule has 1 aliphatic heterocycles. The lowest BCUT2D eigenvalue weighted by Gasteiger charge is -2.17. The average molecular weight is 448 g/mol. The molecule has 5 nitrogen and oxygen atoms in total. The first-order valence-electron chi connectivity index (χ1n) is 11.7. The zero-order valence-corrected chi connectivity index (χ0v) is 18.7. The lowest BCUT2D eigenvalue weighted by Crippen LogP contribution is -2.29. The molecule has 5 aromatic rings. The Morgan fingerprint density at radius 3 is 2.50 bits per heavy atom. The number of hydrogen-bond donors (Lipinski definition) is 1. The second kappa shape index (κ2) is 8.43. The molecule has 168 valence electrons. The number of hydrogen-bond acceptors (Lipinski definition) is 4. The van der Waals surface area contributed by atoms with Crippen molar-refractivity contribution in [1.82, 2.24) is 9.55 Å². The molecule has 0 bridgehead atoms. The van der Waals surface area contributed by atoms with Crippen LogP contribution in [0.15, 0.2) is 95.8 Å². The minimum atomic E-state index is -0.125. The highest BCUT2D eigenvalue weighted by Crippen LogP contribution is 2.35. The fourth-order valence-corrected chi connectivity index (χ4v) is 4.92. The summed E-state index contributed by atoms with van der Waals surface area (Å²) in [7, 11) is 0. The van der Waals surface area contributed by atoms with E-state index in [-0.39, 0.29) is 23.7 Å². The fourth-order valence-electron chi connectivity index (χ4n) is 4.92. The van der Waals surface area contributed by atoms with Gasteiger partial charge < -0.3 is 10.5 Å². The van der Waals surface area contributed by atoms with E-state index in [4.69, 9.17) is 10.5 Å². The van der Waals surface area contributed by atoms with Crippen LogP contribution in [0.25, 0.3) is 32.8 Å². The largest absolute Gasteiger partial charge is 0.369 e. The molecule has 0 saturated carbocycles. The Labute approximate surface area is 197 Å². The van der Waals surface area contributed by atoms with E-state index >= 15 is 0 Å². The SMILES string of the molecule is Nc1nc2cc(-c3ccccc3)ccc2c(=O)n1CC1CCC(c2ccc3ccccc3c2)O1. The minimum absolute atomic E-state index is 0.0216. The molecular formula is C29H25N3O2. The van der Waals surface area contributed by atoms with Crippen LogP contribution in [0.4, 0.5) is 5.95 Å². The van der Waals surface area contributed by atoms with E-state index < -0.39 is 0 Å². The van der Waals surface area contributed by atoms with E-state index in [0.717, 1.165) is 24.0 Å². The van der Waals surface area contributed by atoms with Crippen LogP contribution in [0.1, 0.15) is 24.5 Å². The molecule has 34 heavy (non-hydrogen) atoms. The zero-order valence-electron chi connectivity index (χ0n) is 18.7. The highest BCUT2D eigenvalue weighted by Gasteiger charge is 2.28. The van der Waals surface area contributed by atoms with Crippen LogP contribution < -0.4 is 11.3 Å². The standard InChI is InChI=1S/C29H25N3O2/c30-29-31-26-17-22(19-6-2-1-3-7-19)12-14-25(26)28(33)32(29)18-24-13-15-27(34-24)23-11-10-20-8-4-5-9-21(20)16-23/h1-12,14,16-17,24,27H,13,15,18H2,(H2,30,31). The van der Waals surface area contributed by atoms with E-state index in [1.165, 1.54) is 16.3 Å². The summed E-state index contributed by atoms with van der Waals surface area (Å²) in [5.74, 6) is 0.223. The molecule has 2 N–H and O–H groups in total. The quantitative estimate of drug-likeness (QED) is 0.383. The maximum Gasteiger partial charge on any atom is 0.262 e. The first kappa shape index (κ1) is 20.6. The van der Waals surface area contributed by atoms with Crippen molar-refractivity contribution in [3.63, 3.8) is 0 Å². The molecule has 1 aliphatic rings. The van der Waals surface area contributed by atoms with Gasteiger partial charge in [0.15, 0.2) is 0 Å². The molecule has 1 saturated heterocycles. The summed E-state index contributed by atoms with van der Waals surface area (Å²) < 4.78 is 7.91. The molecule has 1 aromatic heterocycles. The third kappa shape index (κ3) is 3.74. The molecule has 0 radical (unpaired) electrons. The van der Waals surface area contributed by atoms with Gasteiger partial charge in [0.2, 0.25) is 5.95 Å². The maximum absolute atomic E-state index is 13.3. The molecule has 2 atom stereocenters. The van der Waals surface area contributed by atoms with E-state index in [1.54, 1.807) is 4.57 Å². The highest BCUT2D eigenvalue weighted by molar-refractivity contribution is 5.84. The van der Waals surface area contributed by atoms with Gasteiger partial charge in [0.1, 0.15) is 0 Å². The van der Waals surface area contributed by atoms with Crippen molar-refractivity contribution in [3.8, 4) is 11.1 Å². The van der Waals surface area contributed by atoms with Gasteiger partial charge in [-0.1, -0.05) is 72.8 Å². The van der Waals surface area contributed by atoms with Crippen LogP contribution >= 0.6 is 0 Å². The third-order valence-electron chi connectivity index (χ3n) is 6.73. The number of benzene rings is 4. The Morgan fingerprint density at radius 2 is 1.65 bits per heavy atom. The van der Waals surface area contributed by atoms with E-state index in [0.29, 0.717) is 17.4 Å². The molecule has 6 rings (SSSR count). The molecule has 0 amide bonds. The van der Waals surface area contributed by atoms with Crippen LogP contribution in [-0.4, -0.2) is 15.7 Å². The highest BCUT2D eigenvalue weighted by atomic mass is 16.5. The summed E-state index contributed by atoms with van der Waals surface area (Å²) in [5, 5.41) is 3.00. The van der Waals surface area contributed by atoms with Crippen LogP contribution in [0.5, 0.6) is 0 Å². The van der Waals surface area contributed by atoms with Crippen molar-refractivity contribution in [3.05, 3.63) is 107 Å². The average Bonchev–Trinajstić information content (AvgIpc) is 3.35. The summed E-state index contributed by atoms with van der Waals surface area (Å²) in [6.45, 7) is 0.401. The summed E-state index contributed by atoms with van der Waals surface area (Å²) in [6.07, 6.45) is 1.72. The van der Waals surface area contributed by atoms with Gasteiger partial charge in [-0.25, -0.2) is 4.98 Å². The number of fused-ring (bicyclic) bond motifs is 2. The van der Waals surface area contributed by atoms with Crippen molar-refractivity contribution >= 4 is 27.6 Å². The summed E-state index contributed by atoms with van der Waals surface area (Å²) in [4.78, 5) is 17.8. The normalized spacial score (nSPS) is 18.0. The van der Waals surface area contributed by atoms with Gasteiger partial charge in [0, 0.05) is 0 Å². The second-order valence-corrected chi connectivity index (χ2v) is 8.91.